The number of nitrogens with zero attached hydrogens (tertiary/aromatic N) is 3. The lowest BCUT2D eigenvalue weighted by atomic mass is 10.1. The Balaban J connectivity index is 2.31. The van der Waals surface area contributed by atoms with Gasteiger partial charge in [-0.25, -0.2) is 9.83 Å². The van der Waals surface area contributed by atoms with Gasteiger partial charge in [0, 0.05) is 11.9 Å². The molecule has 2 rings (SSSR count). The van der Waals surface area contributed by atoms with Crippen LogP contribution in [0, 0.1) is 13.5 Å². The third-order valence-corrected chi connectivity index (χ3v) is 2.78. The van der Waals surface area contributed by atoms with Crippen LogP contribution in [0.25, 0.3) is 4.85 Å². The number of aromatic nitrogens is 2. The van der Waals surface area contributed by atoms with E-state index in [1.165, 1.54) is 5.56 Å². The third-order valence-electron chi connectivity index (χ3n) is 2.78. The average Bonchev–Trinajstić information content (AvgIpc) is 2.75. The predicted octanol–water partition coefficient (Wildman–Crippen LogP) is 3.35. The molecule has 0 aliphatic heterocycles. The van der Waals surface area contributed by atoms with E-state index < -0.39 is 0 Å². The first-order chi connectivity index (χ1) is 7.72. The van der Waals surface area contributed by atoms with Crippen molar-refractivity contribution in [2.24, 2.45) is 0 Å². The fourth-order valence-corrected chi connectivity index (χ4v) is 1.76. The number of hydrogen-bond acceptors (Lipinski definition) is 1. The van der Waals surface area contributed by atoms with Crippen LogP contribution >= 0.6 is 0 Å². The normalized spacial score (nSPS) is 12.1. The van der Waals surface area contributed by atoms with Crippen molar-refractivity contribution in [3.8, 4) is 0 Å². The van der Waals surface area contributed by atoms with Crippen LogP contribution in [0.4, 0.5) is 5.69 Å². The third kappa shape index (κ3) is 1.82. The molecule has 0 saturated heterocycles. The molecule has 0 bridgehead atoms. The van der Waals surface area contributed by atoms with Gasteiger partial charge in [-0.05, 0) is 19.4 Å². The van der Waals surface area contributed by atoms with Crippen molar-refractivity contribution in [1.82, 2.24) is 9.55 Å². The van der Waals surface area contributed by atoms with Crippen molar-refractivity contribution in [3.05, 3.63) is 59.5 Å². The fraction of sp³-hybridized carbons (Fsp3) is 0.231. The molecule has 1 atom stereocenters. The highest BCUT2D eigenvalue weighted by atomic mass is 15.1. The lowest BCUT2D eigenvalue weighted by Gasteiger charge is -2.15. The van der Waals surface area contributed by atoms with Crippen molar-refractivity contribution >= 4 is 5.69 Å². The average molecular weight is 211 g/mol. The first-order valence-electron chi connectivity index (χ1n) is 5.18. The van der Waals surface area contributed by atoms with Gasteiger partial charge in [0.05, 0.1) is 18.9 Å². The van der Waals surface area contributed by atoms with Gasteiger partial charge in [0.2, 0.25) is 0 Å². The highest BCUT2D eigenvalue weighted by Crippen LogP contribution is 2.22. The highest BCUT2D eigenvalue weighted by molar-refractivity contribution is 5.45. The van der Waals surface area contributed by atoms with E-state index in [0.29, 0.717) is 5.69 Å². The Morgan fingerprint density at radius 3 is 2.50 bits per heavy atom. The molecule has 1 aromatic heterocycles. The summed E-state index contributed by atoms with van der Waals surface area (Å²) in [5.41, 5.74) is 3.01. The second-order valence-corrected chi connectivity index (χ2v) is 3.82. The van der Waals surface area contributed by atoms with E-state index in [0.717, 1.165) is 5.69 Å². The van der Waals surface area contributed by atoms with Crippen LogP contribution in [0.3, 0.4) is 0 Å². The first kappa shape index (κ1) is 10.4. The number of imidazole rings is 1. The van der Waals surface area contributed by atoms with Crippen molar-refractivity contribution in [2.45, 2.75) is 19.9 Å². The van der Waals surface area contributed by atoms with Crippen molar-refractivity contribution in [3.63, 3.8) is 0 Å². The van der Waals surface area contributed by atoms with Crippen LogP contribution in [-0.2, 0) is 0 Å². The second-order valence-electron chi connectivity index (χ2n) is 3.82. The van der Waals surface area contributed by atoms with Crippen LogP contribution < -0.4 is 0 Å². The van der Waals surface area contributed by atoms with Gasteiger partial charge in [-0.2, -0.15) is 0 Å². The lowest BCUT2D eigenvalue weighted by Crippen LogP contribution is -2.06. The van der Waals surface area contributed by atoms with Gasteiger partial charge in [-0.1, -0.05) is 24.3 Å². The summed E-state index contributed by atoms with van der Waals surface area (Å²) in [5.74, 6) is 0. The molecule has 3 heteroatoms. The summed E-state index contributed by atoms with van der Waals surface area (Å²) in [6, 6.07) is 7.95. The van der Waals surface area contributed by atoms with E-state index in [2.05, 4.69) is 21.3 Å². The fourth-order valence-electron chi connectivity index (χ4n) is 1.76. The maximum Gasteiger partial charge on any atom is 0.187 e. The van der Waals surface area contributed by atoms with E-state index in [-0.39, 0.29) is 6.04 Å². The Hall–Kier alpha value is -2.08. The van der Waals surface area contributed by atoms with Crippen LogP contribution in [-0.4, -0.2) is 9.55 Å². The Bertz CT molecular complexity index is 517. The summed E-state index contributed by atoms with van der Waals surface area (Å²) in [6.45, 7) is 11.1. The molecule has 1 aromatic carbocycles. The van der Waals surface area contributed by atoms with Crippen LogP contribution in [0.5, 0.6) is 0 Å². The Morgan fingerprint density at radius 2 is 2.00 bits per heavy atom. The smallest absolute Gasteiger partial charge is 0.187 e. The van der Waals surface area contributed by atoms with Gasteiger partial charge < -0.3 is 4.57 Å². The molecule has 0 amide bonds. The molecule has 1 unspecified atom stereocenters. The topological polar surface area (TPSA) is 22.2 Å². The molecule has 1 heterocycles. The number of aryl methyl sites for hydroxylation is 1. The number of hydrogen-bond donors (Lipinski definition) is 0. The summed E-state index contributed by atoms with van der Waals surface area (Å²) < 4.78 is 2.12. The largest absolute Gasteiger partial charge is 0.328 e. The van der Waals surface area contributed by atoms with E-state index in [9.17, 15) is 0 Å². The molecule has 2 aromatic rings. The maximum absolute atomic E-state index is 6.90. The van der Waals surface area contributed by atoms with E-state index in [1.54, 1.807) is 0 Å². The first-order valence-corrected chi connectivity index (χ1v) is 5.18. The Labute approximate surface area is 95.2 Å². The zero-order valence-corrected chi connectivity index (χ0v) is 9.38. The van der Waals surface area contributed by atoms with Gasteiger partial charge in [0.15, 0.2) is 5.69 Å². The Kier molecular flexibility index (Phi) is 2.74. The van der Waals surface area contributed by atoms with E-state index in [4.69, 9.17) is 6.57 Å². The van der Waals surface area contributed by atoms with Gasteiger partial charge in [0.25, 0.3) is 0 Å². The zero-order valence-electron chi connectivity index (χ0n) is 9.38. The predicted molar refractivity (Wildman–Crippen MR) is 63.5 cm³/mol. The van der Waals surface area contributed by atoms with E-state index >= 15 is 0 Å². The van der Waals surface area contributed by atoms with Gasteiger partial charge in [-0.3, -0.25) is 0 Å². The molecular formula is C13H13N3. The second kappa shape index (κ2) is 4.19. The van der Waals surface area contributed by atoms with Gasteiger partial charge in [0.1, 0.15) is 0 Å². The van der Waals surface area contributed by atoms with Crippen LogP contribution in [0.2, 0.25) is 0 Å². The molecule has 0 N–H and O–H groups in total. The van der Waals surface area contributed by atoms with E-state index in [1.807, 2.05) is 43.7 Å². The number of benzene rings is 1. The summed E-state index contributed by atoms with van der Waals surface area (Å²) in [7, 11) is 0. The molecule has 80 valence electrons. The summed E-state index contributed by atoms with van der Waals surface area (Å²) in [4.78, 5) is 7.50. The monoisotopic (exact) mass is 211 g/mol. The minimum atomic E-state index is 0.252. The van der Waals surface area contributed by atoms with Crippen molar-refractivity contribution in [2.75, 3.05) is 0 Å². The minimum absolute atomic E-state index is 0.252. The summed E-state index contributed by atoms with van der Waals surface area (Å²) in [5, 5.41) is 0. The molecule has 3 nitrogen and oxygen atoms in total. The standard InChI is InChI=1S/C13H13N3/c1-10-8-15-9-16(10)11(2)12-4-6-13(14-3)7-5-12/h4-9,11H,1-2H3. The molecule has 0 fully saturated rings. The maximum atomic E-state index is 6.90. The SMILES string of the molecule is [C-]#[N+]c1ccc(C(C)n2cncc2C)cc1. The van der Waals surface area contributed by atoms with Gasteiger partial charge >= 0.3 is 0 Å². The molecular weight excluding hydrogens is 198 g/mol. The summed E-state index contributed by atoms with van der Waals surface area (Å²) in [6.07, 6.45) is 3.69. The molecule has 0 aliphatic rings. The van der Waals surface area contributed by atoms with Crippen LogP contribution in [0.15, 0.2) is 36.8 Å². The highest BCUT2D eigenvalue weighted by Gasteiger charge is 2.08. The zero-order chi connectivity index (χ0) is 11.5. The van der Waals surface area contributed by atoms with Gasteiger partial charge in [-0.15, -0.1) is 0 Å². The van der Waals surface area contributed by atoms with Crippen LogP contribution in [0.1, 0.15) is 24.2 Å². The lowest BCUT2D eigenvalue weighted by molar-refractivity contribution is 0.622. The quantitative estimate of drug-likeness (QED) is 0.698. The molecule has 0 radical (unpaired) electrons. The molecule has 16 heavy (non-hydrogen) atoms. The molecule has 0 aliphatic carbocycles. The number of rotatable bonds is 2. The summed E-state index contributed by atoms with van der Waals surface area (Å²) >= 11 is 0. The minimum Gasteiger partial charge on any atom is -0.328 e. The molecule has 0 saturated carbocycles. The van der Waals surface area contributed by atoms with Crippen molar-refractivity contribution < 1.29 is 0 Å². The van der Waals surface area contributed by atoms with Crippen molar-refractivity contribution in [1.29, 1.82) is 0 Å². The Morgan fingerprint density at radius 1 is 1.31 bits per heavy atom. The molecule has 0 spiro atoms.